The van der Waals surface area contributed by atoms with Gasteiger partial charge >= 0.3 is 0 Å². The van der Waals surface area contributed by atoms with Gasteiger partial charge in [-0.2, -0.15) is 0 Å². The largest absolute Gasteiger partial charge is 0.455 e. The number of fused-ring (bicyclic) bond motifs is 10. The van der Waals surface area contributed by atoms with Gasteiger partial charge < -0.3 is 4.42 Å². The van der Waals surface area contributed by atoms with E-state index in [1.54, 1.807) is 11.3 Å². The summed E-state index contributed by atoms with van der Waals surface area (Å²) in [6.07, 6.45) is 0. The van der Waals surface area contributed by atoms with Crippen LogP contribution in [0.2, 0.25) is 0 Å². The van der Waals surface area contributed by atoms with Crippen molar-refractivity contribution in [3.63, 3.8) is 0 Å². The van der Waals surface area contributed by atoms with E-state index in [4.69, 9.17) is 24.4 Å². The fraction of sp³-hybridized carbons (Fsp3) is 0. The van der Waals surface area contributed by atoms with Crippen molar-refractivity contribution in [3.8, 4) is 45.4 Å². The molecule has 0 aliphatic rings. The Bertz CT molecular complexity index is 3190. The molecule has 52 heavy (non-hydrogen) atoms. The van der Waals surface area contributed by atoms with E-state index < -0.39 is 0 Å². The Morgan fingerprint density at radius 3 is 1.92 bits per heavy atom. The van der Waals surface area contributed by atoms with Crippen LogP contribution in [0.4, 0.5) is 0 Å². The van der Waals surface area contributed by atoms with Crippen LogP contribution in [0.3, 0.4) is 0 Å². The summed E-state index contributed by atoms with van der Waals surface area (Å²) >= 11 is 1.79. The molecule has 0 radical (unpaired) electrons. The highest BCUT2D eigenvalue weighted by molar-refractivity contribution is 7.25. The van der Waals surface area contributed by atoms with E-state index in [0.29, 0.717) is 17.5 Å². The number of nitrogens with zero attached hydrogens (tertiary/aromatic N) is 4. The Balaban J connectivity index is 1.15. The van der Waals surface area contributed by atoms with Crippen molar-refractivity contribution in [1.29, 1.82) is 0 Å². The predicted molar refractivity (Wildman–Crippen MR) is 215 cm³/mol. The molecule has 0 amide bonds. The monoisotopic (exact) mass is 682 g/mol. The van der Waals surface area contributed by atoms with E-state index in [0.717, 1.165) is 71.6 Å². The zero-order valence-electron chi connectivity index (χ0n) is 27.6. The highest BCUT2D eigenvalue weighted by Gasteiger charge is 2.20. The molecule has 5 nitrogen and oxygen atoms in total. The first-order chi connectivity index (χ1) is 25.8. The van der Waals surface area contributed by atoms with Crippen molar-refractivity contribution in [3.05, 3.63) is 158 Å². The lowest BCUT2D eigenvalue weighted by molar-refractivity contribution is 0.673. The summed E-state index contributed by atoms with van der Waals surface area (Å²) in [5.74, 6) is 1.89. The summed E-state index contributed by atoms with van der Waals surface area (Å²) in [4.78, 5) is 20.5. The second kappa shape index (κ2) is 11.4. The topological polar surface area (TPSA) is 64.7 Å². The zero-order valence-corrected chi connectivity index (χ0v) is 28.4. The number of rotatable bonds is 4. The van der Waals surface area contributed by atoms with Gasteiger partial charge in [0.15, 0.2) is 17.5 Å². The van der Waals surface area contributed by atoms with Crippen LogP contribution in [0.1, 0.15) is 0 Å². The third kappa shape index (κ3) is 4.48. The van der Waals surface area contributed by atoms with Gasteiger partial charge in [-0.1, -0.05) is 115 Å². The predicted octanol–water partition coefficient (Wildman–Crippen LogP) is 12.5. The highest BCUT2D eigenvalue weighted by Crippen LogP contribution is 2.42. The van der Waals surface area contributed by atoms with Gasteiger partial charge in [0, 0.05) is 69.4 Å². The van der Waals surface area contributed by atoms with Gasteiger partial charge in [-0.25, -0.2) is 19.9 Å². The molecular weight excluding hydrogens is 657 g/mol. The van der Waals surface area contributed by atoms with Gasteiger partial charge in [0.1, 0.15) is 11.2 Å². The number of aromatic nitrogens is 4. The normalized spacial score (nSPS) is 11.8. The molecule has 11 aromatic rings. The summed E-state index contributed by atoms with van der Waals surface area (Å²) in [6, 6.07) is 54.3. The molecule has 0 aliphatic heterocycles. The van der Waals surface area contributed by atoms with Crippen molar-refractivity contribution in [1.82, 2.24) is 19.9 Å². The number of thiophene rings is 1. The maximum absolute atomic E-state index is 6.74. The number of pyridine rings is 1. The van der Waals surface area contributed by atoms with Crippen molar-refractivity contribution in [2.24, 2.45) is 0 Å². The third-order valence-corrected chi connectivity index (χ3v) is 11.1. The lowest BCUT2D eigenvalue weighted by Gasteiger charge is -2.10. The lowest BCUT2D eigenvalue weighted by Crippen LogP contribution is -2.00. The van der Waals surface area contributed by atoms with Gasteiger partial charge in [-0.05, 0) is 42.5 Å². The zero-order chi connectivity index (χ0) is 34.2. The number of benzene rings is 7. The molecule has 0 bridgehead atoms. The van der Waals surface area contributed by atoms with E-state index in [2.05, 4.69) is 109 Å². The van der Waals surface area contributed by atoms with Crippen LogP contribution in [-0.4, -0.2) is 19.9 Å². The quantitative estimate of drug-likeness (QED) is 0.173. The van der Waals surface area contributed by atoms with Crippen LogP contribution in [-0.2, 0) is 0 Å². The maximum Gasteiger partial charge on any atom is 0.164 e. The minimum Gasteiger partial charge on any atom is -0.455 e. The molecule has 4 heterocycles. The molecule has 6 heteroatoms. The van der Waals surface area contributed by atoms with E-state index in [1.807, 2.05) is 48.5 Å². The number of hydrogen-bond acceptors (Lipinski definition) is 6. The molecule has 0 atom stereocenters. The van der Waals surface area contributed by atoms with Crippen LogP contribution in [0.25, 0.3) is 109 Å². The van der Waals surface area contributed by atoms with Gasteiger partial charge in [-0.15, -0.1) is 11.3 Å². The standard InChI is InChI=1S/C46H26N4OS/c1-3-12-27(13-4-1)42-33-24-23-30-35-26-29(22-25-37(35)51-43(30)41(33)31-16-7-9-19-36(31)47-42)45-48-44(28-14-5-2-6-15-28)49-46(50-45)34-18-11-21-39-40(34)32-17-8-10-20-38(32)52-39/h1-26H. The molecule has 0 saturated heterocycles. The molecule has 0 saturated carbocycles. The average Bonchev–Trinajstić information content (AvgIpc) is 3.79. The number of furan rings is 1. The van der Waals surface area contributed by atoms with Crippen LogP contribution in [0.5, 0.6) is 0 Å². The van der Waals surface area contributed by atoms with E-state index >= 15 is 0 Å². The molecule has 0 spiro atoms. The van der Waals surface area contributed by atoms with E-state index in [9.17, 15) is 0 Å². The summed E-state index contributed by atoms with van der Waals surface area (Å²) < 4.78 is 9.19. The van der Waals surface area contributed by atoms with E-state index in [-0.39, 0.29) is 0 Å². The average molecular weight is 683 g/mol. The highest BCUT2D eigenvalue weighted by atomic mass is 32.1. The molecule has 0 fully saturated rings. The Labute approximate surface area is 301 Å². The van der Waals surface area contributed by atoms with Crippen LogP contribution in [0, 0.1) is 0 Å². The van der Waals surface area contributed by atoms with Gasteiger partial charge in [0.05, 0.1) is 11.2 Å². The Morgan fingerprint density at radius 1 is 0.404 bits per heavy atom. The van der Waals surface area contributed by atoms with Crippen molar-refractivity contribution in [2.75, 3.05) is 0 Å². The van der Waals surface area contributed by atoms with Crippen molar-refractivity contribution >= 4 is 75.1 Å². The summed E-state index contributed by atoms with van der Waals surface area (Å²) in [5, 5.41) is 7.59. The first-order valence-corrected chi connectivity index (χ1v) is 18.0. The molecule has 0 N–H and O–H groups in total. The Morgan fingerprint density at radius 2 is 1.08 bits per heavy atom. The Kier molecular flexibility index (Phi) is 6.35. The maximum atomic E-state index is 6.74. The first-order valence-electron chi connectivity index (χ1n) is 17.2. The van der Waals surface area contributed by atoms with Crippen LogP contribution < -0.4 is 0 Å². The lowest BCUT2D eigenvalue weighted by atomic mass is 9.97. The Hall–Kier alpha value is -6.76. The van der Waals surface area contributed by atoms with Gasteiger partial charge in [0.2, 0.25) is 0 Å². The summed E-state index contributed by atoms with van der Waals surface area (Å²) in [5.41, 5.74) is 7.42. The second-order valence-electron chi connectivity index (χ2n) is 13.0. The van der Waals surface area contributed by atoms with E-state index in [1.165, 1.54) is 20.2 Å². The molecule has 7 aromatic carbocycles. The number of hydrogen-bond donors (Lipinski definition) is 0. The minimum atomic E-state index is 0.610. The number of para-hydroxylation sites is 1. The summed E-state index contributed by atoms with van der Waals surface area (Å²) in [7, 11) is 0. The molecule has 0 unspecified atom stereocenters. The van der Waals surface area contributed by atoms with Crippen LogP contribution in [0.15, 0.2) is 162 Å². The van der Waals surface area contributed by atoms with Crippen LogP contribution >= 0.6 is 11.3 Å². The molecule has 0 aliphatic carbocycles. The summed E-state index contributed by atoms with van der Waals surface area (Å²) in [6.45, 7) is 0. The molecule has 242 valence electrons. The fourth-order valence-electron chi connectivity index (χ4n) is 7.53. The second-order valence-corrected chi connectivity index (χ2v) is 14.1. The van der Waals surface area contributed by atoms with Crippen molar-refractivity contribution < 1.29 is 4.42 Å². The first kappa shape index (κ1) is 29.0. The molecule has 11 rings (SSSR count). The van der Waals surface area contributed by atoms with Crippen molar-refractivity contribution in [2.45, 2.75) is 0 Å². The minimum absolute atomic E-state index is 0.610. The third-order valence-electron chi connectivity index (χ3n) is 9.92. The SMILES string of the molecule is c1ccc(-c2nc(-c3ccc4oc5c(ccc6c(-c7ccccc7)nc7ccccc7c65)c4c3)nc(-c3cccc4sc5ccccc5c34)n2)cc1. The van der Waals surface area contributed by atoms with Gasteiger partial charge in [0.25, 0.3) is 0 Å². The molecular formula is C46H26N4OS. The smallest absolute Gasteiger partial charge is 0.164 e. The molecule has 4 aromatic heterocycles. The fourth-order valence-corrected chi connectivity index (χ4v) is 8.66. The van der Waals surface area contributed by atoms with Gasteiger partial charge in [-0.3, -0.25) is 0 Å².